The van der Waals surface area contributed by atoms with Gasteiger partial charge in [0.2, 0.25) is 0 Å². The Balaban J connectivity index is 1.97. The number of benzene rings is 1. The Morgan fingerprint density at radius 1 is 1.43 bits per heavy atom. The molecule has 5 heteroatoms. The van der Waals surface area contributed by atoms with Gasteiger partial charge in [0.1, 0.15) is 0 Å². The molecule has 1 aliphatic heterocycles. The van der Waals surface area contributed by atoms with Gasteiger partial charge in [0, 0.05) is 29.0 Å². The molecule has 21 heavy (non-hydrogen) atoms. The van der Waals surface area contributed by atoms with Crippen molar-refractivity contribution < 1.29 is 4.79 Å². The molecule has 1 aromatic rings. The minimum absolute atomic E-state index is 0.0396. The fourth-order valence-electron chi connectivity index (χ4n) is 2.39. The normalized spacial score (nSPS) is 18.3. The summed E-state index contributed by atoms with van der Waals surface area (Å²) in [4.78, 5) is 12.4. The van der Waals surface area contributed by atoms with Gasteiger partial charge in [0.25, 0.3) is 5.91 Å². The van der Waals surface area contributed by atoms with Gasteiger partial charge in [-0.3, -0.25) is 4.79 Å². The lowest BCUT2D eigenvalue weighted by molar-refractivity contribution is 0.0954. The summed E-state index contributed by atoms with van der Waals surface area (Å²) in [5.74, 6) is 1.17. The Morgan fingerprint density at radius 3 is 3.00 bits per heavy atom. The van der Waals surface area contributed by atoms with Crippen molar-refractivity contribution in [3.63, 3.8) is 0 Å². The van der Waals surface area contributed by atoms with Crippen molar-refractivity contribution in [3.05, 3.63) is 28.8 Å². The van der Waals surface area contributed by atoms with E-state index in [2.05, 4.69) is 17.6 Å². The van der Waals surface area contributed by atoms with Crippen LogP contribution in [0.3, 0.4) is 0 Å². The van der Waals surface area contributed by atoms with Gasteiger partial charge in [-0.2, -0.15) is 11.8 Å². The number of hydrogen-bond acceptors (Lipinski definition) is 3. The smallest absolute Gasteiger partial charge is 0.253 e. The first-order valence-electron chi connectivity index (χ1n) is 7.64. The molecule has 2 N–H and O–H groups in total. The van der Waals surface area contributed by atoms with E-state index >= 15 is 0 Å². The fraction of sp³-hybridized carbons (Fsp3) is 0.562. The van der Waals surface area contributed by atoms with Crippen LogP contribution in [0.4, 0.5) is 5.69 Å². The van der Waals surface area contributed by atoms with E-state index < -0.39 is 0 Å². The Hall–Kier alpha value is -0.870. The van der Waals surface area contributed by atoms with Crippen molar-refractivity contribution in [1.29, 1.82) is 0 Å². The minimum atomic E-state index is -0.0396. The molecule has 0 spiro atoms. The molecule has 1 amide bonds. The predicted molar refractivity (Wildman–Crippen MR) is 92.7 cm³/mol. The van der Waals surface area contributed by atoms with Crippen LogP contribution < -0.4 is 10.6 Å². The van der Waals surface area contributed by atoms with Gasteiger partial charge in [0.05, 0.1) is 5.56 Å². The minimum Gasteiger partial charge on any atom is -0.384 e. The van der Waals surface area contributed by atoms with Crippen molar-refractivity contribution in [3.8, 4) is 0 Å². The molecule has 3 nitrogen and oxygen atoms in total. The summed E-state index contributed by atoms with van der Waals surface area (Å²) >= 11 is 8.00. The standard InChI is InChI=1S/C16H23ClN2OS/c1-2-8-18-15-7-6-12(17)10-14(15)16(20)19-11-13-5-3-4-9-21-13/h6-7,10,13,18H,2-5,8-9,11H2,1H3,(H,19,20). The second-order valence-electron chi connectivity index (χ2n) is 5.32. The molecule has 0 radical (unpaired) electrons. The summed E-state index contributed by atoms with van der Waals surface area (Å²) < 4.78 is 0. The number of hydrogen-bond donors (Lipinski definition) is 2. The third-order valence-electron chi connectivity index (χ3n) is 3.56. The number of anilines is 1. The van der Waals surface area contributed by atoms with E-state index in [9.17, 15) is 4.79 Å². The van der Waals surface area contributed by atoms with Gasteiger partial charge in [-0.25, -0.2) is 0 Å². The van der Waals surface area contributed by atoms with Crippen LogP contribution in [0.25, 0.3) is 0 Å². The number of thioether (sulfide) groups is 1. The molecule has 1 saturated heterocycles. The molecule has 1 aromatic carbocycles. The van der Waals surface area contributed by atoms with E-state index in [1.165, 1.54) is 25.0 Å². The molecule has 1 aliphatic rings. The van der Waals surface area contributed by atoms with E-state index in [-0.39, 0.29) is 5.91 Å². The summed E-state index contributed by atoms with van der Waals surface area (Å²) in [5, 5.41) is 7.48. The zero-order valence-electron chi connectivity index (χ0n) is 12.5. The van der Waals surface area contributed by atoms with Gasteiger partial charge in [0.15, 0.2) is 0 Å². The largest absolute Gasteiger partial charge is 0.384 e. The van der Waals surface area contributed by atoms with Crippen LogP contribution in [0.15, 0.2) is 18.2 Å². The van der Waals surface area contributed by atoms with Crippen LogP contribution in [0.5, 0.6) is 0 Å². The van der Waals surface area contributed by atoms with Gasteiger partial charge >= 0.3 is 0 Å². The third kappa shape index (κ3) is 5.11. The first-order valence-corrected chi connectivity index (χ1v) is 9.06. The number of amides is 1. The molecular formula is C16H23ClN2OS. The lowest BCUT2D eigenvalue weighted by Gasteiger charge is -2.21. The van der Waals surface area contributed by atoms with Gasteiger partial charge in [-0.05, 0) is 43.2 Å². The fourth-order valence-corrected chi connectivity index (χ4v) is 3.80. The maximum absolute atomic E-state index is 12.4. The van der Waals surface area contributed by atoms with Crippen LogP contribution in [0.2, 0.25) is 5.02 Å². The average molecular weight is 327 g/mol. The molecule has 0 aromatic heterocycles. The van der Waals surface area contributed by atoms with Crippen LogP contribution in [0, 0.1) is 0 Å². The topological polar surface area (TPSA) is 41.1 Å². The molecule has 2 rings (SSSR count). The Labute approximate surface area is 136 Å². The van der Waals surface area contributed by atoms with Crippen molar-refractivity contribution in [2.75, 3.05) is 24.2 Å². The summed E-state index contributed by atoms with van der Waals surface area (Å²) in [6.07, 6.45) is 4.78. The molecule has 0 aliphatic carbocycles. The summed E-state index contributed by atoms with van der Waals surface area (Å²) in [6, 6.07) is 5.43. The zero-order chi connectivity index (χ0) is 15.1. The predicted octanol–water partition coefficient (Wildman–Crippen LogP) is 4.18. The highest BCUT2D eigenvalue weighted by atomic mass is 35.5. The second kappa shape index (κ2) is 8.54. The Bertz CT molecular complexity index is 475. The zero-order valence-corrected chi connectivity index (χ0v) is 14.0. The molecule has 1 heterocycles. The lowest BCUT2D eigenvalue weighted by atomic mass is 10.1. The molecule has 0 saturated carbocycles. The quantitative estimate of drug-likeness (QED) is 0.824. The Morgan fingerprint density at radius 2 is 2.29 bits per heavy atom. The van der Waals surface area contributed by atoms with E-state index in [4.69, 9.17) is 11.6 Å². The molecular weight excluding hydrogens is 304 g/mol. The van der Waals surface area contributed by atoms with Crippen molar-refractivity contribution in [1.82, 2.24) is 5.32 Å². The lowest BCUT2D eigenvalue weighted by Crippen LogP contribution is -2.32. The molecule has 1 unspecified atom stereocenters. The van der Waals surface area contributed by atoms with Crippen molar-refractivity contribution in [2.24, 2.45) is 0 Å². The van der Waals surface area contributed by atoms with Crippen LogP contribution in [-0.4, -0.2) is 30.0 Å². The number of rotatable bonds is 6. The highest BCUT2D eigenvalue weighted by molar-refractivity contribution is 7.99. The van der Waals surface area contributed by atoms with Crippen LogP contribution in [-0.2, 0) is 0 Å². The average Bonchev–Trinajstić information content (AvgIpc) is 2.52. The number of nitrogens with one attached hydrogen (secondary N) is 2. The monoisotopic (exact) mass is 326 g/mol. The summed E-state index contributed by atoms with van der Waals surface area (Å²) in [6.45, 7) is 3.69. The second-order valence-corrected chi connectivity index (χ2v) is 7.16. The SMILES string of the molecule is CCCNc1ccc(Cl)cc1C(=O)NCC1CCCCS1. The summed E-state index contributed by atoms with van der Waals surface area (Å²) in [7, 11) is 0. The van der Waals surface area contributed by atoms with Gasteiger partial charge in [-0.15, -0.1) is 0 Å². The van der Waals surface area contributed by atoms with Crippen LogP contribution >= 0.6 is 23.4 Å². The highest BCUT2D eigenvalue weighted by Crippen LogP contribution is 2.25. The highest BCUT2D eigenvalue weighted by Gasteiger charge is 2.17. The van der Waals surface area contributed by atoms with E-state index in [0.717, 1.165) is 25.2 Å². The van der Waals surface area contributed by atoms with Gasteiger partial charge in [-0.1, -0.05) is 24.9 Å². The number of carbonyl (C=O) groups is 1. The molecule has 1 atom stereocenters. The van der Waals surface area contributed by atoms with Crippen molar-refractivity contribution >= 4 is 35.0 Å². The Kier molecular flexibility index (Phi) is 6.71. The molecule has 1 fully saturated rings. The molecule has 0 bridgehead atoms. The van der Waals surface area contributed by atoms with Crippen LogP contribution in [0.1, 0.15) is 43.0 Å². The maximum atomic E-state index is 12.4. The van der Waals surface area contributed by atoms with E-state index in [0.29, 0.717) is 15.8 Å². The number of carbonyl (C=O) groups excluding carboxylic acids is 1. The number of halogens is 1. The maximum Gasteiger partial charge on any atom is 0.253 e. The third-order valence-corrected chi connectivity index (χ3v) is 5.19. The summed E-state index contributed by atoms with van der Waals surface area (Å²) in [5.41, 5.74) is 1.49. The van der Waals surface area contributed by atoms with Crippen molar-refractivity contribution in [2.45, 2.75) is 37.9 Å². The molecule has 116 valence electrons. The van der Waals surface area contributed by atoms with E-state index in [1.54, 1.807) is 6.07 Å². The van der Waals surface area contributed by atoms with E-state index in [1.807, 2.05) is 23.9 Å². The van der Waals surface area contributed by atoms with Gasteiger partial charge < -0.3 is 10.6 Å². The first kappa shape index (κ1) is 16.5. The first-order chi connectivity index (χ1) is 10.2.